The number of carbonyl (C=O) groups excluding carboxylic acids is 1. The van der Waals surface area contributed by atoms with Gasteiger partial charge in [-0.15, -0.1) is 0 Å². The van der Waals surface area contributed by atoms with Gasteiger partial charge in [0.05, 0.1) is 23.0 Å². The van der Waals surface area contributed by atoms with Gasteiger partial charge >= 0.3 is 12.1 Å². The van der Waals surface area contributed by atoms with E-state index in [1.54, 1.807) is 0 Å². The third-order valence-electron chi connectivity index (χ3n) is 7.58. The number of fused-ring (bicyclic) bond motifs is 1. The predicted molar refractivity (Wildman–Crippen MR) is 146 cm³/mol. The molecule has 1 saturated heterocycles. The van der Waals surface area contributed by atoms with Gasteiger partial charge in [-0.2, -0.15) is 18.4 Å². The number of nitrogens with zero attached hydrogens (tertiary/aromatic N) is 3. The van der Waals surface area contributed by atoms with Crippen LogP contribution in [-0.2, 0) is 17.8 Å². The van der Waals surface area contributed by atoms with Crippen molar-refractivity contribution in [2.75, 3.05) is 13.1 Å². The lowest BCUT2D eigenvalue weighted by atomic mass is 9.88. The normalized spacial score (nSPS) is 17.2. The first-order chi connectivity index (χ1) is 19.4. The van der Waals surface area contributed by atoms with Gasteiger partial charge in [0.2, 0.25) is 0 Å². The van der Waals surface area contributed by atoms with Crippen LogP contribution < -0.4 is 5.32 Å². The van der Waals surface area contributed by atoms with Crippen molar-refractivity contribution in [3.63, 3.8) is 0 Å². The second-order valence-corrected chi connectivity index (χ2v) is 10.6. The van der Waals surface area contributed by atoms with E-state index in [-0.39, 0.29) is 5.91 Å². The number of H-pyrrole nitrogens is 1. The molecule has 0 bridgehead atoms. The first kappa shape index (κ1) is 29.8. The molecule has 41 heavy (non-hydrogen) atoms. The summed E-state index contributed by atoms with van der Waals surface area (Å²) in [7, 11) is 0. The Morgan fingerprint density at radius 3 is 2.32 bits per heavy atom. The molecule has 5 rings (SSSR count). The van der Waals surface area contributed by atoms with Crippen molar-refractivity contribution in [1.82, 2.24) is 20.2 Å². The number of aromatic nitrogens is 2. The Hall–Kier alpha value is -4.17. The zero-order valence-corrected chi connectivity index (χ0v) is 23.1. The second kappa shape index (κ2) is 12.1. The number of nitrogens with one attached hydrogen (secondary N) is 2. The van der Waals surface area contributed by atoms with Crippen LogP contribution in [0.2, 0.25) is 0 Å². The highest BCUT2D eigenvalue weighted by atomic mass is 19.4. The minimum Gasteiger partial charge on any atom is -0.475 e. The van der Waals surface area contributed by atoms with Crippen molar-refractivity contribution in [1.29, 1.82) is 5.26 Å². The number of aryl methyl sites for hydroxylation is 2. The monoisotopic (exact) mass is 567 g/mol. The van der Waals surface area contributed by atoms with E-state index in [1.165, 1.54) is 5.56 Å². The third kappa shape index (κ3) is 6.95. The number of hydrogen-bond acceptors (Lipinski definition) is 5. The topological polar surface area (TPSA) is 122 Å². The summed E-state index contributed by atoms with van der Waals surface area (Å²) in [6, 6.07) is 14.6. The number of aromatic amines is 1. The van der Waals surface area contributed by atoms with E-state index in [0.717, 1.165) is 78.4 Å². The number of imidazole rings is 1. The molecule has 0 aliphatic carbocycles. The molecule has 11 heteroatoms. The fourth-order valence-electron chi connectivity index (χ4n) is 5.28. The largest absolute Gasteiger partial charge is 0.490 e. The maximum atomic E-state index is 13.5. The fourth-order valence-corrected chi connectivity index (χ4v) is 5.28. The molecule has 0 unspecified atom stereocenters. The number of piperidine rings is 1. The van der Waals surface area contributed by atoms with E-state index in [1.807, 2.05) is 30.0 Å². The number of amides is 1. The van der Waals surface area contributed by atoms with Crippen molar-refractivity contribution in [2.24, 2.45) is 0 Å². The number of hydrogen-bond donors (Lipinski definition) is 3. The number of nitriles is 1. The van der Waals surface area contributed by atoms with Crippen LogP contribution in [0.25, 0.3) is 11.4 Å². The maximum absolute atomic E-state index is 13.5. The molecule has 1 aromatic heterocycles. The third-order valence-corrected chi connectivity index (χ3v) is 7.58. The molecule has 3 heterocycles. The summed E-state index contributed by atoms with van der Waals surface area (Å²) in [6.45, 7) is 8.56. The van der Waals surface area contributed by atoms with Crippen LogP contribution in [-0.4, -0.2) is 57.2 Å². The molecule has 0 spiro atoms. The molecular weight excluding hydrogens is 535 g/mol. The molecule has 216 valence electrons. The highest BCUT2D eigenvalue weighted by molar-refractivity contribution is 5.97. The zero-order valence-electron chi connectivity index (χ0n) is 23.1. The van der Waals surface area contributed by atoms with E-state index >= 15 is 0 Å². The van der Waals surface area contributed by atoms with Crippen molar-refractivity contribution in [2.45, 2.75) is 64.7 Å². The lowest BCUT2D eigenvalue weighted by molar-refractivity contribution is -0.192. The van der Waals surface area contributed by atoms with E-state index in [9.17, 15) is 18.0 Å². The number of halogens is 3. The summed E-state index contributed by atoms with van der Waals surface area (Å²) in [5.74, 6) is -1.37. The van der Waals surface area contributed by atoms with Crippen molar-refractivity contribution >= 4 is 11.9 Å². The van der Waals surface area contributed by atoms with E-state index in [4.69, 9.17) is 20.1 Å². The minimum absolute atomic E-state index is 0.101. The van der Waals surface area contributed by atoms with E-state index < -0.39 is 12.1 Å². The van der Waals surface area contributed by atoms with Gasteiger partial charge in [0, 0.05) is 43.2 Å². The standard InChI is InChI=1S/C28H31N5O.C2HF3O2/c1-17-12-18(2)24(14-23(17)27-31-25-13-19(3)30-16-26(25)32-27)28(34)33-10-8-22(9-11-33)21-6-4-20(15-29)5-7-21;3-2(4,5)1(6)7/h4-7,12,14,19,22,30H,8-11,13,16H2,1-3H3,(H,31,32);(H,6,7)/t19-;/m0./s1. The Kier molecular flexibility index (Phi) is 8.83. The summed E-state index contributed by atoms with van der Waals surface area (Å²) < 4.78 is 31.7. The molecule has 8 nitrogen and oxygen atoms in total. The van der Waals surface area contributed by atoms with Gasteiger partial charge in [-0.05, 0) is 74.4 Å². The average Bonchev–Trinajstić information content (AvgIpc) is 3.35. The van der Waals surface area contributed by atoms with Crippen LogP contribution in [0.15, 0.2) is 36.4 Å². The quantitative estimate of drug-likeness (QED) is 0.397. The number of benzene rings is 2. The van der Waals surface area contributed by atoms with Gasteiger partial charge in [0.25, 0.3) is 5.91 Å². The minimum atomic E-state index is -5.08. The summed E-state index contributed by atoms with van der Waals surface area (Å²) in [6.07, 6.45) is -2.30. The number of carboxylic acids is 1. The molecule has 0 saturated carbocycles. The van der Waals surface area contributed by atoms with Gasteiger partial charge in [-0.25, -0.2) is 9.78 Å². The van der Waals surface area contributed by atoms with E-state index in [0.29, 0.717) is 17.5 Å². The molecule has 1 fully saturated rings. The SMILES string of the molecule is Cc1cc(C)c(-c2nc3c([nH]2)CN[C@@H](C)C3)cc1C(=O)N1CCC(c2ccc(C#N)cc2)CC1.O=C(O)C(F)(F)F. The number of likely N-dealkylation sites (tertiary alicyclic amines) is 1. The zero-order chi connectivity index (χ0) is 29.9. The van der Waals surface area contributed by atoms with Gasteiger partial charge in [0.1, 0.15) is 5.82 Å². The molecule has 0 radical (unpaired) electrons. The molecule has 2 aromatic carbocycles. The molecule has 2 aliphatic rings. The molecule has 3 N–H and O–H groups in total. The molecule has 1 atom stereocenters. The first-order valence-electron chi connectivity index (χ1n) is 13.4. The van der Waals surface area contributed by atoms with Crippen molar-refractivity contribution in [3.8, 4) is 17.5 Å². The highest BCUT2D eigenvalue weighted by Crippen LogP contribution is 2.31. The molecule has 2 aliphatic heterocycles. The first-order valence-corrected chi connectivity index (χ1v) is 13.4. The Morgan fingerprint density at radius 2 is 1.73 bits per heavy atom. The van der Waals surface area contributed by atoms with Crippen LogP contribution in [0.1, 0.15) is 69.7 Å². The van der Waals surface area contributed by atoms with Gasteiger partial charge in [-0.3, -0.25) is 4.79 Å². The van der Waals surface area contributed by atoms with E-state index in [2.05, 4.69) is 48.4 Å². The summed E-state index contributed by atoms with van der Waals surface area (Å²) in [4.78, 5) is 32.8. The summed E-state index contributed by atoms with van der Waals surface area (Å²) in [5, 5.41) is 19.6. The Morgan fingerprint density at radius 1 is 1.10 bits per heavy atom. The average molecular weight is 568 g/mol. The Labute approximate surface area is 236 Å². The molecule has 1 amide bonds. The summed E-state index contributed by atoms with van der Waals surface area (Å²) in [5.41, 5.74) is 8.11. The Bertz CT molecular complexity index is 1470. The highest BCUT2D eigenvalue weighted by Gasteiger charge is 2.38. The van der Waals surface area contributed by atoms with Gasteiger partial charge in [0.15, 0.2) is 0 Å². The molecule has 3 aromatic rings. The van der Waals surface area contributed by atoms with Crippen LogP contribution >= 0.6 is 0 Å². The lowest BCUT2D eigenvalue weighted by Gasteiger charge is -2.32. The number of rotatable bonds is 3. The van der Waals surface area contributed by atoms with Gasteiger partial charge in [-0.1, -0.05) is 18.2 Å². The number of carboxylic acid groups (broad SMARTS) is 1. The fraction of sp³-hybridized carbons (Fsp3) is 0.400. The van der Waals surface area contributed by atoms with Crippen LogP contribution in [0.5, 0.6) is 0 Å². The van der Waals surface area contributed by atoms with Gasteiger partial charge < -0.3 is 20.3 Å². The number of carbonyl (C=O) groups is 2. The van der Waals surface area contributed by atoms with Crippen LogP contribution in [0.4, 0.5) is 13.2 Å². The smallest absolute Gasteiger partial charge is 0.475 e. The summed E-state index contributed by atoms with van der Waals surface area (Å²) >= 11 is 0. The maximum Gasteiger partial charge on any atom is 0.490 e. The van der Waals surface area contributed by atoms with Crippen molar-refractivity contribution in [3.05, 3.63) is 75.6 Å². The van der Waals surface area contributed by atoms with Crippen LogP contribution in [0, 0.1) is 25.2 Å². The Balaban J connectivity index is 0.000000493. The second-order valence-electron chi connectivity index (χ2n) is 10.6. The predicted octanol–water partition coefficient (Wildman–Crippen LogP) is 5.25. The van der Waals surface area contributed by atoms with Crippen LogP contribution in [0.3, 0.4) is 0 Å². The number of aliphatic carboxylic acids is 1. The molecular formula is C30H32F3N5O3. The number of alkyl halides is 3. The van der Waals surface area contributed by atoms with Crippen molar-refractivity contribution < 1.29 is 27.9 Å². The lowest BCUT2D eigenvalue weighted by Crippen LogP contribution is -2.38.